The first kappa shape index (κ1) is 13.9. The van der Waals surface area contributed by atoms with E-state index in [-0.39, 0.29) is 28.2 Å². The lowest BCUT2D eigenvalue weighted by Gasteiger charge is -2.11. The number of fused-ring (bicyclic) bond motifs is 1. The molecule has 0 aliphatic carbocycles. The summed E-state index contributed by atoms with van der Waals surface area (Å²) in [4.78, 5) is 41.7. The minimum atomic E-state index is -0.961. The van der Waals surface area contributed by atoms with Gasteiger partial charge in [-0.05, 0) is 24.3 Å². The summed E-state index contributed by atoms with van der Waals surface area (Å²) in [6.45, 7) is 0. The maximum absolute atomic E-state index is 12.3. The van der Waals surface area contributed by atoms with Crippen molar-refractivity contribution < 1.29 is 28.2 Å². The Hall–Kier alpha value is -3.68. The van der Waals surface area contributed by atoms with Crippen molar-refractivity contribution in [2.24, 2.45) is 0 Å². The third-order valence-corrected chi connectivity index (χ3v) is 3.47. The first-order valence-corrected chi connectivity index (χ1v) is 6.85. The molecule has 3 heterocycles. The highest BCUT2D eigenvalue weighted by molar-refractivity contribution is 6.21. The Balaban J connectivity index is 1.62. The zero-order valence-electron chi connectivity index (χ0n) is 12.0. The van der Waals surface area contributed by atoms with Gasteiger partial charge in [-0.25, -0.2) is 4.79 Å². The first-order valence-electron chi connectivity index (χ1n) is 6.85. The quantitative estimate of drug-likeness (QED) is 0.681. The highest BCUT2D eigenvalue weighted by atomic mass is 16.7. The number of hydroxylamine groups is 2. The van der Waals surface area contributed by atoms with Crippen LogP contribution in [0.25, 0.3) is 11.5 Å². The van der Waals surface area contributed by atoms with E-state index in [0.29, 0.717) is 5.06 Å². The second-order valence-electron chi connectivity index (χ2n) is 4.87. The van der Waals surface area contributed by atoms with Gasteiger partial charge in [0.15, 0.2) is 5.76 Å². The number of hydrogen-bond donors (Lipinski definition) is 0. The van der Waals surface area contributed by atoms with Crippen molar-refractivity contribution in [2.75, 3.05) is 0 Å². The summed E-state index contributed by atoms with van der Waals surface area (Å²) < 4.78 is 10.1. The monoisotopic (exact) mass is 324 g/mol. The summed E-state index contributed by atoms with van der Waals surface area (Å²) in [7, 11) is 0. The Kier molecular flexibility index (Phi) is 3.02. The molecule has 0 radical (unpaired) electrons. The molecule has 118 valence electrons. The summed E-state index contributed by atoms with van der Waals surface area (Å²) in [5.41, 5.74) is 0.278. The van der Waals surface area contributed by atoms with Crippen LogP contribution in [0.15, 0.2) is 57.8 Å². The molecule has 1 aromatic carbocycles. The Morgan fingerprint density at radius 3 is 2.38 bits per heavy atom. The van der Waals surface area contributed by atoms with E-state index in [1.54, 1.807) is 24.3 Å². The number of carbonyl (C=O) groups is 3. The Bertz CT molecular complexity index is 922. The molecular formula is C16H8N2O6. The Morgan fingerprint density at radius 2 is 1.75 bits per heavy atom. The fraction of sp³-hybridized carbons (Fsp3) is 0. The topological polar surface area (TPSA) is 103 Å². The number of rotatable bonds is 3. The second-order valence-corrected chi connectivity index (χ2v) is 4.87. The van der Waals surface area contributed by atoms with Gasteiger partial charge in [0.2, 0.25) is 5.76 Å². The van der Waals surface area contributed by atoms with Crippen LogP contribution < -0.4 is 0 Å². The highest BCUT2D eigenvalue weighted by Crippen LogP contribution is 2.27. The molecule has 8 heteroatoms. The van der Waals surface area contributed by atoms with Crippen LogP contribution in [-0.2, 0) is 4.84 Å². The van der Waals surface area contributed by atoms with Crippen LogP contribution in [0.1, 0.15) is 31.1 Å². The molecule has 0 N–H and O–H groups in total. The lowest BCUT2D eigenvalue weighted by molar-refractivity contribution is -0.0584. The first-order chi connectivity index (χ1) is 11.7. The molecular weight excluding hydrogens is 316 g/mol. The number of hydrogen-bond acceptors (Lipinski definition) is 7. The lowest BCUT2D eigenvalue weighted by atomic mass is 10.1. The molecule has 0 atom stereocenters. The van der Waals surface area contributed by atoms with E-state index < -0.39 is 17.8 Å². The minimum Gasteiger partial charge on any atom is -0.461 e. The van der Waals surface area contributed by atoms with Crippen molar-refractivity contribution in [3.05, 3.63) is 65.5 Å². The largest absolute Gasteiger partial charge is 0.461 e. The predicted octanol–water partition coefficient (Wildman–Crippen LogP) is 2.30. The van der Waals surface area contributed by atoms with Crippen LogP contribution in [0.2, 0.25) is 0 Å². The van der Waals surface area contributed by atoms with Gasteiger partial charge in [-0.3, -0.25) is 9.59 Å². The van der Waals surface area contributed by atoms with Gasteiger partial charge in [0.25, 0.3) is 11.8 Å². The van der Waals surface area contributed by atoms with Crippen molar-refractivity contribution in [3.8, 4) is 11.5 Å². The number of amides is 2. The van der Waals surface area contributed by atoms with Crippen molar-refractivity contribution in [2.45, 2.75) is 0 Å². The van der Waals surface area contributed by atoms with E-state index in [2.05, 4.69) is 5.16 Å². The molecule has 0 saturated heterocycles. The van der Waals surface area contributed by atoms with E-state index in [0.717, 1.165) is 6.20 Å². The molecule has 2 amide bonds. The van der Waals surface area contributed by atoms with Gasteiger partial charge in [0, 0.05) is 0 Å². The summed E-state index contributed by atoms with van der Waals surface area (Å²) in [5.74, 6) is -2.07. The molecule has 1 aliphatic heterocycles. The Morgan fingerprint density at radius 1 is 1.04 bits per heavy atom. The summed E-state index contributed by atoms with van der Waals surface area (Å²) >= 11 is 0. The number of imide groups is 1. The number of furan rings is 1. The summed E-state index contributed by atoms with van der Waals surface area (Å²) in [6.07, 6.45) is 2.52. The highest BCUT2D eigenvalue weighted by Gasteiger charge is 2.39. The smallest absolute Gasteiger partial charge is 0.369 e. The number of benzene rings is 1. The molecule has 4 rings (SSSR count). The maximum Gasteiger partial charge on any atom is 0.369 e. The zero-order chi connectivity index (χ0) is 16.7. The number of aromatic nitrogens is 1. The maximum atomic E-state index is 12.3. The van der Waals surface area contributed by atoms with Crippen LogP contribution in [0.4, 0.5) is 0 Å². The van der Waals surface area contributed by atoms with Crippen molar-refractivity contribution in [1.29, 1.82) is 0 Å². The third-order valence-electron chi connectivity index (χ3n) is 3.47. The third kappa shape index (κ3) is 2.01. The normalized spacial score (nSPS) is 13.2. The van der Waals surface area contributed by atoms with Gasteiger partial charge in [-0.2, -0.15) is 0 Å². The fourth-order valence-corrected chi connectivity index (χ4v) is 2.35. The number of carbonyl (C=O) groups excluding carboxylic acids is 3. The van der Waals surface area contributed by atoms with Gasteiger partial charge >= 0.3 is 5.97 Å². The van der Waals surface area contributed by atoms with Crippen LogP contribution in [-0.4, -0.2) is 28.0 Å². The van der Waals surface area contributed by atoms with Crippen molar-refractivity contribution in [1.82, 2.24) is 10.2 Å². The van der Waals surface area contributed by atoms with Gasteiger partial charge in [0.05, 0.1) is 23.6 Å². The average molecular weight is 324 g/mol. The molecule has 3 aromatic rings. The van der Waals surface area contributed by atoms with Gasteiger partial charge in [-0.1, -0.05) is 22.4 Å². The molecule has 0 bridgehead atoms. The van der Waals surface area contributed by atoms with Crippen LogP contribution >= 0.6 is 0 Å². The lowest BCUT2D eigenvalue weighted by Crippen LogP contribution is -2.32. The molecule has 0 unspecified atom stereocenters. The fourth-order valence-electron chi connectivity index (χ4n) is 2.35. The van der Waals surface area contributed by atoms with E-state index in [9.17, 15) is 14.4 Å². The molecule has 0 saturated carbocycles. The SMILES string of the molecule is O=C(ON1C(=O)c2ccccc2C1=O)c1cnoc1-c1ccco1. The molecule has 0 fully saturated rings. The molecule has 2 aromatic heterocycles. The summed E-state index contributed by atoms with van der Waals surface area (Å²) in [6, 6.07) is 9.37. The predicted molar refractivity (Wildman–Crippen MR) is 76.6 cm³/mol. The number of nitrogens with zero attached hydrogens (tertiary/aromatic N) is 2. The van der Waals surface area contributed by atoms with E-state index in [1.165, 1.54) is 18.4 Å². The van der Waals surface area contributed by atoms with Crippen LogP contribution in [0, 0.1) is 0 Å². The van der Waals surface area contributed by atoms with Crippen LogP contribution in [0.5, 0.6) is 0 Å². The van der Waals surface area contributed by atoms with Gasteiger partial charge < -0.3 is 13.8 Å². The van der Waals surface area contributed by atoms with Gasteiger partial charge in [-0.15, -0.1) is 0 Å². The van der Waals surface area contributed by atoms with Crippen molar-refractivity contribution in [3.63, 3.8) is 0 Å². The van der Waals surface area contributed by atoms with Gasteiger partial charge in [0.1, 0.15) is 5.56 Å². The molecule has 0 spiro atoms. The molecule has 8 nitrogen and oxygen atoms in total. The van der Waals surface area contributed by atoms with E-state index >= 15 is 0 Å². The Labute approximate surface area is 134 Å². The average Bonchev–Trinajstić information content (AvgIpc) is 3.31. The van der Waals surface area contributed by atoms with E-state index in [1.807, 2.05) is 0 Å². The summed E-state index contributed by atoms with van der Waals surface area (Å²) in [5, 5.41) is 3.95. The zero-order valence-corrected chi connectivity index (χ0v) is 12.0. The second kappa shape index (κ2) is 5.20. The van der Waals surface area contributed by atoms with E-state index in [4.69, 9.17) is 13.8 Å². The molecule has 1 aliphatic rings. The van der Waals surface area contributed by atoms with Crippen molar-refractivity contribution >= 4 is 17.8 Å². The molecule has 24 heavy (non-hydrogen) atoms. The van der Waals surface area contributed by atoms with Crippen LogP contribution in [0.3, 0.4) is 0 Å². The minimum absolute atomic E-state index is 0.0432. The standard InChI is InChI=1S/C16H8N2O6/c19-14-9-4-1-2-5-10(9)15(20)18(14)24-16(21)11-8-17-23-13(11)12-6-3-7-22-12/h1-8H.